The minimum Gasteiger partial charge on any atom is -0.370 e. The van der Waals surface area contributed by atoms with Gasteiger partial charge in [0.2, 0.25) is 0 Å². The van der Waals surface area contributed by atoms with Crippen LogP contribution in [0.5, 0.6) is 0 Å². The third-order valence-electron chi connectivity index (χ3n) is 3.06. The van der Waals surface area contributed by atoms with Gasteiger partial charge in [0.05, 0.1) is 6.54 Å². The Morgan fingerprint density at radius 2 is 1.81 bits per heavy atom. The monoisotopic (exact) mass is 286 g/mol. The molecule has 0 atom stereocenters. The average Bonchev–Trinajstić information content (AvgIpc) is 2.48. The van der Waals surface area contributed by atoms with Crippen LogP contribution in [0.15, 0.2) is 42.5 Å². The van der Waals surface area contributed by atoms with Crippen LogP contribution >= 0.6 is 0 Å². The second-order valence-electron chi connectivity index (χ2n) is 4.64. The first kappa shape index (κ1) is 15.0. The minimum absolute atomic E-state index is 0.247. The van der Waals surface area contributed by atoms with E-state index in [0.29, 0.717) is 17.7 Å². The number of halogens is 2. The van der Waals surface area contributed by atoms with Crippen LogP contribution in [0.25, 0.3) is 0 Å². The molecular formula is C17H16F2N2. The summed E-state index contributed by atoms with van der Waals surface area (Å²) < 4.78 is 26.9. The Kier molecular flexibility index (Phi) is 4.91. The molecule has 0 aliphatic heterocycles. The van der Waals surface area contributed by atoms with Crippen LogP contribution in [0.4, 0.5) is 14.5 Å². The van der Waals surface area contributed by atoms with Gasteiger partial charge in [0.15, 0.2) is 0 Å². The number of hydrogen-bond acceptors (Lipinski definition) is 2. The summed E-state index contributed by atoms with van der Waals surface area (Å²) in [5.41, 5.74) is 7.27. The van der Waals surface area contributed by atoms with Crippen LogP contribution in [0, 0.1) is 23.5 Å². The molecule has 108 valence electrons. The summed E-state index contributed by atoms with van der Waals surface area (Å²) in [6.07, 6.45) is 0. The Hall–Kier alpha value is -2.38. The van der Waals surface area contributed by atoms with Gasteiger partial charge in [0.25, 0.3) is 0 Å². The topological polar surface area (TPSA) is 29.3 Å². The SMILES string of the molecule is CN(Cc1ccc(C#CCN)cc1F)c1ccc(F)cc1. The standard InChI is InChI=1S/C17H16F2N2/c1-21(16-8-6-15(18)7-9-16)12-14-5-4-13(3-2-10-20)11-17(14)19/h4-9,11H,10,12,20H2,1H3. The maximum absolute atomic E-state index is 14.0. The normalized spacial score (nSPS) is 9.90. The highest BCUT2D eigenvalue weighted by Crippen LogP contribution is 2.18. The molecular weight excluding hydrogens is 270 g/mol. The quantitative estimate of drug-likeness (QED) is 0.879. The van der Waals surface area contributed by atoms with E-state index in [1.807, 2.05) is 11.9 Å². The smallest absolute Gasteiger partial charge is 0.129 e. The fourth-order valence-electron chi connectivity index (χ4n) is 1.95. The molecule has 0 saturated heterocycles. The molecule has 0 spiro atoms. The number of benzene rings is 2. The Morgan fingerprint density at radius 3 is 2.43 bits per heavy atom. The molecule has 2 aromatic rings. The van der Waals surface area contributed by atoms with E-state index in [1.165, 1.54) is 18.2 Å². The molecule has 4 heteroatoms. The van der Waals surface area contributed by atoms with Gasteiger partial charge in [-0.05, 0) is 36.4 Å². The van der Waals surface area contributed by atoms with Crippen molar-refractivity contribution in [2.75, 3.05) is 18.5 Å². The molecule has 0 radical (unpaired) electrons. The Labute approximate surface area is 123 Å². The summed E-state index contributed by atoms with van der Waals surface area (Å²) >= 11 is 0. The second kappa shape index (κ2) is 6.87. The van der Waals surface area contributed by atoms with Crippen LogP contribution < -0.4 is 10.6 Å². The zero-order valence-corrected chi connectivity index (χ0v) is 11.7. The van der Waals surface area contributed by atoms with Crippen molar-refractivity contribution < 1.29 is 8.78 Å². The zero-order chi connectivity index (χ0) is 15.2. The van der Waals surface area contributed by atoms with Crippen LogP contribution in [-0.4, -0.2) is 13.6 Å². The van der Waals surface area contributed by atoms with Crippen molar-refractivity contribution in [1.82, 2.24) is 0 Å². The number of rotatable bonds is 3. The number of nitrogens with zero attached hydrogens (tertiary/aromatic N) is 1. The van der Waals surface area contributed by atoms with Crippen LogP contribution in [0.2, 0.25) is 0 Å². The van der Waals surface area contributed by atoms with Gasteiger partial charge in [-0.25, -0.2) is 8.78 Å². The second-order valence-corrected chi connectivity index (χ2v) is 4.64. The fourth-order valence-corrected chi connectivity index (χ4v) is 1.95. The maximum atomic E-state index is 14.0. The lowest BCUT2D eigenvalue weighted by Gasteiger charge is -2.19. The number of nitrogens with two attached hydrogens (primary N) is 1. The lowest BCUT2D eigenvalue weighted by atomic mass is 10.1. The Balaban J connectivity index is 2.14. The van der Waals surface area contributed by atoms with E-state index in [2.05, 4.69) is 11.8 Å². The van der Waals surface area contributed by atoms with Gasteiger partial charge in [-0.1, -0.05) is 17.9 Å². The van der Waals surface area contributed by atoms with Crippen molar-refractivity contribution in [2.24, 2.45) is 5.73 Å². The molecule has 0 unspecified atom stereocenters. The average molecular weight is 286 g/mol. The fraction of sp³-hybridized carbons (Fsp3) is 0.176. The summed E-state index contributed by atoms with van der Waals surface area (Å²) in [5.74, 6) is 4.88. The molecule has 0 aliphatic carbocycles. The Bertz CT molecular complexity index is 669. The molecule has 2 rings (SSSR count). The summed E-state index contributed by atoms with van der Waals surface area (Å²) in [6, 6.07) is 11.0. The van der Waals surface area contributed by atoms with Gasteiger partial charge in [0, 0.05) is 30.4 Å². The van der Waals surface area contributed by atoms with Crippen molar-refractivity contribution >= 4 is 5.69 Å². The van der Waals surface area contributed by atoms with Gasteiger partial charge in [-0.3, -0.25) is 0 Å². The van der Waals surface area contributed by atoms with Gasteiger partial charge in [0.1, 0.15) is 11.6 Å². The van der Waals surface area contributed by atoms with Crippen molar-refractivity contribution in [1.29, 1.82) is 0 Å². The number of anilines is 1. The minimum atomic E-state index is -0.312. The van der Waals surface area contributed by atoms with E-state index in [4.69, 9.17) is 5.73 Å². The molecule has 0 aromatic heterocycles. The molecule has 0 heterocycles. The molecule has 0 saturated carbocycles. The van der Waals surface area contributed by atoms with Gasteiger partial charge in [-0.15, -0.1) is 0 Å². The third-order valence-corrected chi connectivity index (χ3v) is 3.06. The van der Waals surface area contributed by atoms with Crippen LogP contribution in [0.1, 0.15) is 11.1 Å². The van der Waals surface area contributed by atoms with E-state index in [-0.39, 0.29) is 18.2 Å². The summed E-state index contributed by atoms with van der Waals surface area (Å²) in [7, 11) is 1.83. The van der Waals surface area contributed by atoms with E-state index in [9.17, 15) is 8.78 Å². The van der Waals surface area contributed by atoms with Crippen molar-refractivity contribution in [3.05, 3.63) is 65.2 Å². The zero-order valence-electron chi connectivity index (χ0n) is 11.7. The van der Waals surface area contributed by atoms with Gasteiger partial charge < -0.3 is 10.6 Å². The third kappa shape index (κ3) is 4.04. The van der Waals surface area contributed by atoms with Gasteiger partial charge >= 0.3 is 0 Å². The lowest BCUT2D eigenvalue weighted by molar-refractivity contribution is 0.607. The molecule has 0 amide bonds. The van der Waals surface area contributed by atoms with E-state index < -0.39 is 0 Å². The molecule has 2 nitrogen and oxygen atoms in total. The first-order valence-corrected chi connectivity index (χ1v) is 6.54. The predicted molar refractivity (Wildman–Crippen MR) is 80.8 cm³/mol. The predicted octanol–water partition coefficient (Wildman–Crippen LogP) is 2.91. The molecule has 21 heavy (non-hydrogen) atoms. The van der Waals surface area contributed by atoms with Crippen LogP contribution in [0.3, 0.4) is 0 Å². The largest absolute Gasteiger partial charge is 0.370 e. The Morgan fingerprint density at radius 1 is 1.10 bits per heavy atom. The maximum Gasteiger partial charge on any atom is 0.129 e. The summed E-state index contributed by atoms with van der Waals surface area (Å²) in [4.78, 5) is 1.85. The van der Waals surface area contributed by atoms with E-state index in [1.54, 1.807) is 24.3 Å². The summed E-state index contributed by atoms with van der Waals surface area (Å²) in [6.45, 7) is 0.638. The van der Waals surface area contributed by atoms with Gasteiger partial charge in [-0.2, -0.15) is 0 Å². The molecule has 2 aromatic carbocycles. The van der Waals surface area contributed by atoms with Crippen LogP contribution in [-0.2, 0) is 6.54 Å². The first-order valence-electron chi connectivity index (χ1n) is 6.54. The van der Waals surface area contributed by atoms with Crippen molar-refractivity contribution in [3.8, 4) is 11.8 Å². The highest BCUT2D eigenvalue weighted by molar-refractivity contribution is 5.46. The van der Waals surface area contributed by atoms with Crippen molar-refractivity contribution in [2.45, 2.75) is 6.54 Å². The molecule has 2 N–H and O–H groups in total. The number of hydrogen-bond donors (Lipinski definition) is 1. The van der Waals surface area contributed by atoms with E-state index in [0.717, 1.165) is 5.69 Å². The van der Waals surface area contributed by atoms with Crippen molar-refractivity contribution in [3.63, 3.8) is 0 Å². The first-order chi connectivity index (χ1) is 10.1. The molecule has 0 fully saturated rings. The van der Waals surface area contributed by atoms with E-state index >= 15 is 0 Å². The highest BCUT2D eigenvalue weighted by Gasteiger charge is 2.07. The summed E-state index contributed by atoms with van der Waals surface area (Å²) in [5, 5.41) is 0. The lowest BCUT2D eigenvalue weighted by Crippen LogP contribution is -2.17. The molecule has 0 aliphatic rings. The highest BCUT2D eigenvalue weighted by atomic mass is 19.1. The molecule has 0 bridgehead atoms.